The molecule has 0 fully saturated rings. The van der Waals surface area contributed by atoms with Crippen LogP contribution in [-0.2, 0) is 10.0 Å². The highest BCUT2D eigenvalue weighted by atomic mass is 32.2. The maximum Gasteiger partial charge on any atom is 0.264 e. The van der Waals surface area contributed by atoms with E-state index >= 15 is 0 Å². The predicted molar refractivity (Wildman–Crippen MR) is 111 cm³/mol. The number of hydrogen-bond acceptors (Lipinski definition) is 4. The van der Waals surface area contributed by atoms with Gasteiger partial charge in [0.15, 0.2) is 0 Å². The van der Waals surface area contributed by atoms with E-state index in [1.54, 1.807) is 48.5 Å². The number of carbonyl (C=O) groups excluding carboxylic acids is 2. The number of rotatable bonds is 6. The fourth-order valence-corrected chi connectivity index (χ4v) is 4.05. The van der Waals surface area contributed by atoms with Crippen molar-refractivity contribution in [1.29, 1.82) is 0 Å². The van der Waals surface area contributed by atoms with Crippen LogP contribution in [0.1, 0.15) is 20.7 Å². The topological polar surface area (TPSA) is 110 Å². The Morgan fingerprint density at radius 2 is 1.38 bits per heavy atom. The number of para-hydroxylation sites is 2. The van der Waals surface area contributed by atoms with Crippen LogP contribution in [0.3, 0.4) is 0 Å². The van der Waals surface area contributed by atoms with Crippen LogP contribution in [0.15, 0.2) is 83.8 Å². The second kappa shape index (κ2) is 8.15. The first-order valence-corrected chi connectivity index (χ1v) is 10.1. The molecule has 8 heteroatoms. The first kappa shape index (κ1) is 20.1. The van der Waals surface area contributed by atoms with Crippen molar-refractivity contribution in [2.75, 3.05) is 16.7 Å². The van der Waals surface area contributed by atoms with Crippen LogP contribution in [0.4, 0.5) is 11.4 Å². The summed E-state index contributed by atoms with van der Waals surface area (Å²) in [4.78, 5) is 24.6. The SMILES string of the molecule is CN(c1ccccc1C(=O)Nc1ccccc1C(N)=O)S(=O)(=O)c1ccccc1. The molecule has 0 saturated carbocycles. The van der Waals surface area contributed by atoms with Gasteiger partial charge >= 0.3 is 0 Å². The molecule has 0 unspecified atom stereocenters. The molecule has 0 heterocycles. The average molecular weight is 409 g/mol. The molecule has 0 radical (unpaired) electrons. The van der Waals surface area contributed by atoms with E-state index in [-0.39, 0.29) is 27.4 Å². The summed E-state index contributed by atoms with van der Waals surface area (Å²) in [7, 11) is -2.48. The van der Waals surface area contributed by atoms with E-state index in [1.165, 1.54) is 37.4 Å². The third kappa shape index (κ3) is 4.12. The second-order valence-electron chi connectivity index (χ2n) is 6.17. The number of sulfonamides is 1. The molecular formula is C21H19N3O4S. The van der Waals surface area contributed by atoms with Crippen LogP contribution in [0.2, 0.25) is 0 Å². The van der Waals surface area contributed by atoms with Crippen molar-refractivity contribution in [1.82, 2.24) is 0 Å². The standard InChI is InChI=1S/C21H19N3O4S/c1-24(29(27,28)15-9-3-2-4-10-15)19-14-8-6-12-17(19)21(26)23-18-13-7-5-11-16(18)20(22)25/h2-14H,1H3,(H2,22,25)(H,23,26). The quantitative estimate of drug-likeness (QED) is 0.652. The van der Waals surface area contributed by atoms with Crippen molar-refractivity contribution in [3.05, 3.63) is 90.0 Å². The summed E-state index contributed by atoms with van der Waals surface area (Å²) >= 11 is 0. The van der Waals surface area contributed by atoms with Gasteiger partial charge in [-0.05, 0) is 36.4 Å². The van der Waals surface area contributed by atoms with Gasteiger partial charge in [-0.1, -0.05) is 42.5 Å². The second-order valence-corrected chi connectivity index (χ2v) is 8.14. The van der Waals surface area contributed by atoms with E-state index in [2.05, 4.69) is 5.32 Å². The predicted octanol–water partition coefficient (Wildman–Crippen LogP) is 2.86. The molecule has 0 aromatic heterocycles. The Labute approximate surface area is 168 Å². The Hall–Kier alpha value is -3.65. The van der Waals surface area contributed by atoms with Gasteiger partial charge in [0.25, 0.3) is 21.8 Å². The van der Waals surface area contributed by atoms with Gasteiger partial charge < -0.3 is 11.1 Å². The lowest BCUT2D eigenvalue weighted by Crippen LogP contribution is -2.29. The van der Waals surface area contributed by atoms with E-state index in [0.29, 0.717) is 0 Å². The molecule has 0 atom stereocenters. The van der Waals surface area contributed by atoms with Crippen LogP contribution in [0.25, 0.3) is 0 Å². The van der Waals surface area contributed by atoms with Crippen molar-refractivity contribution >= 4 is 33.2 Å². The molecule has 0 spiro atoms. The van der Waals surface area contributed by atoms with E-state index in [9.17, 15) is 18.0 Å². The lowest BCUT2D eigenvalue weighted by atomic mass is 10.1. The molecule has 3 N–H and O–H groups in total. The van der Waals surface area contributed by atoms with Crippen molar-refractivity contribution in [3.63, 3.8) is 0 Å². The van der Waals surface area contributed by atoms with Gasteiger partial charge in [-0.3, -0.25) is 13.9 Å². The monoisotopic (exact) mass is 409 g/mol. The number of carbonyl (C=O) groups is 2. The van der Waals surface area contributed by atoms with Crippen LogP contribution in [0, 0.1) is 0 Å². The van der Waals surface area contributed by atoms with Crippen molar-refractivity contribution in [2.24, 2.45) is 5.73 Å². The molecule has 3 aromatic carbocycles. The van der Waals surface area contributed by atoms with Crippen molar-refractivity contribution < 1.29 is 18.0 Å². The first-order valence-electron chi connectivity index (χ1n) is 8.65. The molecule has 0 bridgehead atoms. The Bertz CT molecular complexity index is 1160. The summed E-state index contributed by atoms with van der Waals surface area (Å²) in [6.45, 7) is 0. The molecule has 0 saturated heterocycles. The summed E-state index contributed by atoms with van der Waals surface area (Å²) in [5.41, 5.74) is 6.08. The van der Waals surface area contributed by atoms with Crippen molar-refractivity contribution in [2.45, 2.75) is 4.90 Å². The smallest absolute Gasteiger partial charge is 0.264 e. The first-order chi connectivity index (χ1) is 13.8. The normalized spacial score (nSPS) is 10.9. The molecule has 0 aliphatic carbocycles. The molecular weight excluding hydrogens is 390 g/mol. The minimum absolute atomic E-state index is 0.108. The van der Waals surface area contributed by atoms with Gasteiger partial charge in [0, 0.05) is 7.05 Å². The van der Waals surface area contributed by atoms with Gasteiger partial charge in [-0.2, -0.15) is 0 Å². The Morgan fingerprint density at radius 1 is 0.828 bits per heavy atom. The fraction of sp³-hybridized carbons (Fsp3) is 0.0476. The van der Waals surface area contributed by atoms with Gasteiger partial charge in [0.1, 0.15) is 0 Å². The zero-order valence-electron chi connectivity index (χ0n) is 15.6. The number of primary amides is 1. The van der Waals surface area contributed by atoms with Crippen molar-refractivity contribution in [3.8, 4) is 0 Å². The number of nitrogens with zero attached hydrogens (tertiary/aromatic N) is 1. The Balaban J connectivity index is 1.97. The van der Waals surface area contributed by atoms with Crippen LogP contribution in [0.5, 0.6) is 0 Å². The number of hydrogen-bond donors (Lipinski definition) is 2. The maximum atomic E-state index is 12.9. The lowest BCUT2D eigenvalue weighted by molar-refractivity contribution is 0.100. The average Bonchev–Trinajstić information content (AvgIpc) is 2.74. The summed E-state index contributed by atoms with van der Waals surface area (Å²) in [5.74, 6) is -1.25. The molecule has 0 aliphatic rings. The highest BCUT2D eigenvalue weighted by molar-refractivity contribution is 7.92. The fourth-order valence-electron chi connectivity index (χ4n) is 2.82. The van der Waals surface area contributed by atoms with Crippen LogP contribution >= 0.6 is 0 Å². The molecule has 29 heavy (non-hydrogen) atoms. The lowest BCUT2D eigenvalue weighted by Gasteiger charge is -2.22. The Kier molecular flexibility index (Phi) is 5.65. The number of benzene rings is 3. The van der Waals surface area contributed by atoms with Gasteiger partial charge in [0.2, 0.25) is 0 Å². The molecule has 148 valence electrons. The molecule has 3 rings (SSSR count). The summed E-state index contributed by atoms with van der Waals surface area (Å²) in [6.07, 6.45) is 0. The van der Waals surface area contributed by atoms with Gasteiger partial charge in [-0.25, -0.2) is 8.42 Å². The van der Waals surface area contributed by atoms with Crippen LogP contribution < -0.4 is 15.4 Å². The minimum atomic E-state index is -3.86. The molecule has 2 amide bonds. The van der Waals surface area contributed by atoms with E-state index in [4.69, 9.17) is 5.73 Å². The number of nitrogens with one attached hydrogen (secondary N) is 1. The Morgan fingerprint density at radius 3 is 2.03 bits per heavy atom. The summed E-state index contributed by atoms with van der Waals surface area (Å²) in [5, 5.41) is 2.63. The van der Waals surface area contributed by atoms with E-state index in [0.717, 1.165) is 4.31 Å². The highest BCUT2D eigenvalue weighted by Gasteiger charge is 2.25. The highest BCUT2D eigenvalue weighted by Crippen LogP contribution is 2.26. The van der Waals surface area contributed by atoms with Crippen LogP contribution in [-0.4, -0.2) is 27.3 Å². The molecule has 3 aromatic rings. The molecule has 0 aliphatic heterocycles. The zero-order valence-corrected chi connectivity index (χ0v) is 16.4. The summed E-state index contributed by atoms with van der Waals surface area (Å²) in [6, 6.07) is 20.6. The third-order valence-electron chi connectivity index (χ3n) is 4.33. The number of amides is 2. The minimum Gasteiger partial charge on any atom is -0.366 e. The molecule has 7 nitrogen and oxygen atoms in total. The van der Waals surface area contributed by atoms with Gasteiger partial charge in [-0.15, -0.1) is 0 Å². The third-order valence-corrected chi connectivity index (χ3v) is 6.12. The number of nitrogens with two attached hydrogens (primary N) is 1. The van der Waals surface area contributed by atoms with Gasteiger partial charge in [0.05, 0.1) is 27.4 Å². The summed E-state index contributed by atoms with van der Waals surface area (Å²) < 4.78 is 26.9. The maximum absolute atomic E-state index is 12.9. The zero-order chi connectivity index (χ0) is 21.0. The van der Waals surface area contributed by atoms with E-state index < -0.39 is 21.8 Å². The number of anilines is 2. The largest absolute Gasteiger partial charge is 0.366 e. The van der Waals surface area contributed by atoms with E-state index in [1.807, 2.05) is 0 Å².